The van der Waals surface area contributed by atoms with E-state index < -0.39 is 12.7 Å². The van der Waals surface area contributed by atoms with Gasteiger partial charge in [0.1, 0.15) is 23.9 Å². The van der Waals surface area contributed by atoms with Crippen LogP contribution in [0.2, 0.25) is 5.15 Å². The molecule has 4 rings (SSSR count). The largest absolute Gasteiger partial charge is 0.406 e. The summed E-state index contributed by atoms with van der Waals surface area (Å²) in [5.74, 6) is -0.213. The second kappa shape index (κ2) is 7.46. The number of anilines is 1. The molecule has 1 amide bonds. The molecule has 1 aromatic carbocycles. The monoisotopic (exact) mass is 425 g/mol. The van der Waals surface area contributed by atoms with Crippen molar-refractivity contribution in [2.75, 3.05) is 25.5 Å². The summed E-state index contributed by atoms with van der Waals surface area (Å²) >= 11 is 6.09. The second-order valence-electron chi connectivity index (χ2n) is 7.39. The van der Waals surface area contributed by atoms with Crippen LogP contribution in [-0.4, -0.2) is 51.7 Å². The molecule has 1 aliphatic rings. The van der Waals surface area contributed by atoms with Gasteiger partial charge in [-0.3, -0.25) is 4.79 Å². The highest BCUT2D eigenvalue weighted by Crippen LogP contribution is 2.35. The number of likely N-dealkylation sites (tertiary alicyclic amines) is 1. The Kier molecular flexibility index (Phi) is 5.12. The second-order valence-corrected chi connectivity index (χ2v) is 7.74. The normalized spacial score (nSPS) is 18.4. The highest BCUT2D eigenvalue weighted by atomic mass is 35.5. The lowest BCUT2D eigenvalue weighted by molar-refractivity contribution is -0.139. The number of rotatable bonds is 3. The molecule has 1 atom stereocenters. The lowest BCUT2D eigenvalue weighted by Gasteiger charge is -2.28. The van der Waals surface area contributed by atoms with Crippen LogP contribution in [0.5, 0.6) is 0 Å². The first kappa shape index (κ1) is 19.9. The molecular formula is C19H19ClF3N5O. The number of amides is 1. The van der Waals surface area contributed by atoms with E-state index in [0.29, 0.717) is 28.7 Å². The number of nitrogens with zero attached hydrogens (tertiary/aromatic N) is 4. The average Bonchev–Trinajstić information content (AvgIpc) is 2.95. The predicted octanol–water partition coefficient (Wildman–Crippen LogP) is 4.08. The molecule has 154 valence electrons. The highest BCUT2D eigenvalue weighted by molar-refractivity contribution is 6.34. The fourth-order valence-electron chi connectivity index (χ4n) is 3.92. The van der Waals surface area contributed by atoms with E-state index in [-0.39, 0.29) is 22.5 Å². The van der Waals surface area contributed by atoms with Gasteiger partial charge in [0.2, 0.25) is 5.91 Å². The maximum atomic E-state index is 13.1. The van der Waals surface area contributed by atoms with Gasteiger partial charge in [-0.25, -0.2) is 9.97 Å². The molecule has 0 bridgehead atoms. The molecule has 3 heterocycles. The number of piperidine rings is 1. The van der Waals surface area contributed by atoms with Crippen LogP contribution in [0.15, 0.2) is 24.5 Å². The van der Waals surface area contributed by atoms with Gasteiger partial charge in [-0.15, -0.1) is 0 Å². The van der Waals surface area contributed by atoms with Gasteiger partial charge in [-0.05, 0) is 44.6 Å². The number of nitrogens with one attached hydrogen (secondary N) is 1. The molecule has 1 saturated heterocycles. The third-order valence-corrected chi connectivity index (χ3v) is 5.47. The summed E-state index contributed by atoms with van der Waals surface area (Å²) in [6, 6.07) is 4.78. The standard InChI is InChI=1S/C19H19ClF3N5O/c1-27-6-2-3-11(8-27)18(29)26-12-4-5-14-13(7-12)15-16(17(20)25-10-24-15)28(14)9-19(21,22)23/h4-5,7,10-11H,2-3,6,8-9H2,1H3,(H,26,29). The quantitative estimate of drug-likeness (QED) is 0.642. The Bertz CT molecular complexity index is 1080. The third-order valence-electron chi connectivity index (χ3n) is 5.19. The van der Waals surface area contributed by atoms with E-state index in [4.69, 9.17) is 11.6 Å². The number of aromatic nitrogens is 3. The van der Waals surface area contributed by atoms with Gasteiger partial charge in [0, 0.05) is 17.6 Å². The van der Waals surface area contributed by atoms with Crippen molar-refractivity contribution in [2.45, 2.75) is 25.6 Å². The van der Waals surface area contributed by atoms with E-state index in [2.05, 4.69) is 20.2 Å². The SMILES string of the molecule is CN1CCCC(C(=O)Nc2ccc3c(c2)c2ncnc(Cl)c2n3CC(F)(F)F)C1. The molecule has 1 fully saturated rings. The smallest absolute Gasteiger partial charge is 0.327 e. The van der Waals surface area contributed by atoms with E-state index >= 15 is 0 Å². The molecule has 6 nitrogen and oxygen atoms in total. The fraction of sp³-hybridized carbons (Fsp3) is 0.421. The average molecular weight is 426 g/mol. The summed E-state index contributed by atoms with van der Waals surface area (Å²) in [6.45, 7) is 0.441. The van der Waals surface area contributed by atoms with Gasteiger partial charge < -0.3 is 14.8 Å². The van der Waals surface area contributed by atoms with Crippen molar-refractivity contribution in [3.05, 3.63) is 29.7 Å². The van der Waals surface area contributed by atoms with Crippen molar-refractivity contribution in [3.63, 3.8) is 0 Å². The molecule has 1 unspecified atom stereocenters. The molecule has 2 aromatic heterocycles. The number of hydrogen-bond donors (Lipinski definition) is 1. The molecule has 3 aromatic rings. The van der Waals surface area contributed by atoms with Crippen LogP contribution in [0.4, 0.5) is 18.9 Å². The van der Waals surface area contributed by atoms with E-state index in [1.165, 1.54) is 6.33 Å². The van der Waals surface area contributed by atoms with Crippen LogP contribution < -0.4 is 5.32 Å². The van der Waals surface area contributed by atoms with E-state index in [0.717, 1.165) is 24.0 Å². The van der Waals surface area contributed by atoms with Gasteiger partial charge in [-0.2, -0.15) is 13.2 Å². The van der Waals surface area contributed by atoms with Crippen LogP contribution in [0.3, 0.4) is 0 Å². The summed E-state index contributed by atoms with van der Waals surface area (Å²) in [5, 5.41) is 3.32. The minimum Gasteiger partial charge on any atom is -0.327 e. The molecule has 10 heteroatoms. The first-order chi connectivity index (χ1) is 13.7. The Labute approximate surface area is 169 Å². The summed E-state index contributed by atoms with van der Waals surface area (Å²) in [5.41, 5.74) is 1.28. The predicted molar refractivity (Wildman–Crippen MR) is 105 cm³/mol. The number of hydrogen-bond acceptors (Lipinski definition) is 4. The topological polar surface area (TPSA) is 63.1 Å². The lowest BCUT2D eigenvalue weighted by atomic mass is 9.97. The Balaban J connectivity index is 1.73. The van der Waals surface area contributed by atoms with Crippen LogP contribution in [0, 0.1) is 5.92 Å². The van der Waals surface area contributed by atoms with Crippen molar-refractivity contribution >= 4 is 45.1 Å². The first-order valence-electron chi connectivity index (χ1n) is 9.21. The van der Waals surface area contributed by atoms with Crippen molar-refractivity contribution in [1.82, 2.24) is 19.4 Å². The van der Waals surface area contributed by atoms with E-state index in [9.17, 15) is 18.0 Å². The summed E-state index contributed by atoms with van der Waals surface area (Å²) < 4.78 is 40.5. The Morgan fingerprint density at radius 3 is 2.86 bits per heavy atom. The van der Waals surface area contributed by atoms with Crippen molar-refractivity contribution < 1.29 is 18.0 Å². The molecule has 0 radical (unpaired) electrons. The van der Waals surface area contributed by atoms with Crippen LogP contribution in [0.1, 0.15) is 12.8 Å². The minimum atomic E-state index is -4.43. The molecule has 0 saturated carbocycles. The number of carbonyl (C=O) groups is 1. The molecule has 1 N–H and O–H groups in total. The van der Waals surface area contributed by atoms with Crippen molar-refractivity contribution in [3.8, 4) is 0 Å². The number of benzene rings is 1. The molecule has 0 aliphatic carbocycles. The summed E-state index contributed by atoms with van der Waals surface area (Å²) in [4.78, 5) is 22.7. The zero-order valence-electron chi connectivity index (χ0n) is 15.6. The van der Waals surface area contributed by atoms with Crippen molar-refractivity contribution in [1.29, 1.82) is 0 Å². The van der Waals surface area contributed by atoms with Gasteiger partial charge >= 0.3 is 6.18 Å². The molecule has 29 heavy (non-hydrogen) atoms. The summed E-state index contributed by atoms with van der Waals surface area (Å²) in [6.07, 6.45) is -1.46. The third kappa shape index (κ3) is 4.02. The van der Waals surface area contributed by atoms with Gasteiger partial charge in [0.15, 0.2) is 5.15 Å². The first-order valence-corrected chi connectivity index (χ1v) is 9.59. The highest BCUT2D eigenvalue weighted by Gasteiger charge is 2.31. The molecular weight excluding hydrogens is 407 g/mol. The van der Waals surface area contributed by atoms with E-state index in [1.807, 2.05) is 7.05 Å². The van der Waals surface area contributed by atoms with Gasteiger partial charge in [-0.1, -0.05) is 11.6 Å². The number of halogens is 4. The van der Waals surface area contributed by atoms with Crippen molar-refractivity contribution in [2.24, 2.45) is 5.92 Å². The molecule has 1 aliphatic heterocycles. The van der Waals surface area contributed by atoms with Crippen LogP contribution in [0.25, 0.3) is 21.9 Å². The zero-order chi connectivity index (χ0) is 20.8. The Hall–Kier alpha value is -2.39. The molecule has 0 spiro atoms. The fourth-order valence-corrected chi connectivity index (χ4v) is 4.16. The number of carbonyl (C=O) groups excluding carboxylic acids is 1. The lowest BCUT2D eigenvalue weighted by Crippen LogP contribution is -2.38. The van der Waals surface area contributed by atoms with Gasteiger partial charge in [0.05, 0.1) is 11.4 Å². The van der Waals surface area contributed by atoms with E-state index in [1.54, 1.807) is 18.2 Å². The maximum absolute atomic E-state index is 13.1. The number of alkyl halides is 3. The van der Waals surface area contributed by atoms with Gasteiger partial charge in [0.25, 0.3) is 0 Å². The Morgan fingerprint density at radius 1 is 1.34 bits per heavy atom. The van der Waals surface area contributed by atoms with Crippen LogP contribution in [-0.2, 0) is 11.3 Å². The summed E-state index contributed by atoms with van der Waals surface area (Å²) in [7, 11) is 1.98. The zero-order valence-corrected chi connectivity index (χ0v) is 16.4. The van der Waals surface area contributed by atoms with Crippen LogP contribution >= 0.6 is 11.6 Å². The Morgan fingerprint density at radius 2 is 2.14 bits per heavy atom. The maximum Gasteiger partial charge on any atom is 0.406 e. The minimum absolute atomic E-state index is 0.0497. The number of fused-ring (bicyclic) bond motifs is 3.